The predicted octanol–water partition coefficient (Wildman–Crippen LogP) is 4.67. The Morgan fingerprint density at radius 3 is 2.50 bits per heavy atom. The van der Waals surface area contributed by atoms with Crippen LogP contribution in [-0.2, 0) is 20.5 Å². The molecule has 154 valence electrons. The number of anilines is 1. The minimum absolute atomic E-state index is 0.000618. The summed E-state index contributed by atoms with van der Waals surface area (Å²) in [6, 6.07) is 12.6. The Bertz CT molecular complexity index is 1270. The van der Waals surface area contributed by atoms with Gasteiger partial charge in [-0.2, -0.15) is 5.10 Å². The Morgan fingerprint density at radius 2 is 1.83 bits per heavy atom. The van der Waals surface area contributed by atoms with E-state index < -0.39 is 0 Å². The first-order valence-electron chi connectivity index (χ1n) is 9.58. The number of aromatic nitrogens is 3. The van der Waals surface area contributed by atoms with Crippen LogP contribution in [0.2, 0.25) is 0 Å². The Morgan fingerprint density at radius 1 is 1.10 bits per heavy atom. The quantitative estimate of drug-likeness (QED) is 0.475. The van der Waals surface area contributed by atoms with E-state index in [1.165, 1.54) is 24.1 Å². The molecule has 0 unspecified atom stereocenters. The van der Waals surface area contributed by atoms with E-state index in [4.69, 9.17) is 5.10 Å². The van der Waals surface area contributed by atoms with Gasteiger partial charge in [0.25, 0.3) is 5.56 Å². The number of hydrogen-bond donors (Lipinski definition) is 1. The van der Waals surface area contributed by atoms with Gasteiger partial charge in [0, 0.05) is 43.9 Å². The van der Waals surface area contributed by atoms with Crippen molar-refractivity contribution in [2.24, 2.45) is 14.1 Å². The van der Waals surface area contributed by atoms with Crippen molar-refractivity contribution < 1.29 is 4.39 Å². The predicted molar refractivity (Wildman–Crippen MR) is 122 cm³/mol. The number of hydrogen-bond acceptors (Lipinski definition) is 4. The van der Waals surface area contributed by atoms with E-state index in [9.17, 15) is 9.18 Å². The van der Waals surface area contributed by atoms with E-state index in [1.54, 1.807) is 23.7 Å². The lowest BCUT2D eigenvalue weighted by molar-refractivity contribution is 0.627. The molecule has 2 heterocycles. The number of pyridine rings is 1. The standard InChI is InChI=1S/C23H23FN4OS/c1-14-9-17(13-27(2)23(14)29)16-11-19-20(10-15-5-7-18(24)8-6-15)25-28(3)22(19)21(12-16)26-30-4/h5-9,11-13,26H,10H2,1-4H3. The van der Waals surface area contributed by atoms with Crippen LogP contribution >= 0.6 is 11.9 Å². The van der Waals surface area contributed by atoms with Gasteiger partial charge >= 0.3 is 0 Å². The maximum Gasteiger partial charge on any atom is 0.253 e. The molecular weight excluding hydrogens is 399 g/mol. The molecule has 2 aromatic heterocycles. The van der Waals surface area contributed by atoms with E-state index in [0.29, 0.717) is 12.0 Å². The van der Waals surface area contributed by atoms with Crippen LogP contribution in [0.3, 0.4) is 0 Å². The van der Waals surface area contributed by atoms with Gasteiger partial charge in [-0.15, -0.1) is 0 Å². The average Bonchev–Trinajstić information content (AvgIpc) is 3.03. The molecule has 0 aliphatic carbocycles. The van der Waals surface area contributed by atoms with Crippen molar-refractivity contribution in [2.45, 2.75) is 13.3 Å². The maximum atomic E-state index is 13.3. The van der Waals surface area contributed by atoms with Gasteiger partial charge in [0.1, 0.15) is 5.82 Å². The molecule has 0 radical (unpaired) electrons. The first-order chi connectivity index (χ1) is 14.4. The summed E-state index contributed by atoms with van der Waals surface area (Å²) in [5.74, 6) is -0.247. The average molecular weight is 423 g/mol. The van der Waals surface area contributed by atoms with Crippen LogP contribution in [-0.4, -0.2) is 20.6 Å². The number of nitrogens with zero attached hydrogens (tertiary/aromatic N) is 3. The second-order valence-electron chi connectivity index (χ2n) is 7.43. The van der Waals surface area contributed by atoms with Crippen LogP contribution in [0.15, 0.2) is 53.5 Å². The highest BCUT2D eigenvalue weighted by atomic mass is 32.2. The highest BCUT2D eigenvalue weighted by Gasteiger charge is 2.16. The van der Waals surface area contributed by atoms with Gasteiger partial charge < -0.3 is 9.29 Å². The third-order valence-electron chi connectivity index (χ3n) is 5.21. The van der Waals surface area contributed by atoms with Gasteiger partial charge in [0.05, 0.1) is 16.9 Å². The first kappa shape index (κ1) is 20.2. The number of benzene rings is 2. The monoisotopic (exact) mass is 422 g/mol. The molecule has 0 atom stereocenters. The second kappa shape index (κ2) is 7.99. The topological polar surface area (TPSA) is 51.9 Å². The summed E-state index contributed by atoms with van der Waals surface area (Å²) in [5, 5.41) is 5.78. The van der Waals surface area contributed by atoms with E-state index in [2.05, 4.69) is 16.9 Å². The van der Waals surface area contributed by atoms with Crippen molar-refractivity contribution in [3.05, 3.63) is 81.7 Å². The summed E-state index contributed by atoms with van der Waals surface area (Å²) in [6.07, 6.45) is 4.44. The van der Waals surface area contributed by atoms with Crippen molar-refractivity contribution in [1.29, 1.82) is 0 Å². The van der Waals surface area contributed by atoms with E-state index >= 15 is 0 Å². The molecule has 5 nitrogen and oxygen atoms in total. The highest BCUT2D eigenvalue weighted by Crippen LogP contribution is 2.34. The van der Waals surface area contributed by atoms with Crippen LogP contribution in [0.25, 0.3) is 22.0 Å². The molecule has 0 bridgehead atoms. The van der Waals surface area contributed by atoms with Gasteiger partial charge in [-0.3, -0.25) is 9.48 Å². The molecule has 0 spiro atoms. The molecule has 4 aromatic rings. The molecule has 4 rings (SSSR count). The minimum atomic E-state index is -0.247. The zero-order chi connectivity index (χ0) is 21.4. The fraction of sp³-hybridized carbons (Fsp3) is 0.217. The maximum absolute atomic E-state index is 13.3. The van der Waals surface area contributed by atoms with E-state index in [0.717, 1.165) is 39.0 Å². The van der Waals surface area contributed by atoms with Gasteiger partial charge in [-0.05, 0) is 53.9 Å². The van der Waals surface area contributed by atoms with Crippen LogP contribution in [0.5, 0.6) is 0 Å². The van der Waals surface area contributed by atoms with Crippen LogP contribution in [0, 0.1) is 12.7 Å². The van der Waals surface area contributed by atoms with Gasteiger partial charge in [-0.25, -0.2) is 4.39 Å². The Hall–Kier alpha value is -3.06. The summed E-state index contributed by atoms with van der Waals surface area (Å²) in [5.41, 5.74) is 6.57. The smallest absolute Gasteiger partial charge is 0.253 e. The van der Waals surface area contributed by atoms with Gasteiger partial charge in [0.15, 0.2) is 0 Å². The first-order valence-corrected chi connectivity index (χ1v) is 10.8. The fourth-order valence-corrected chi connectivity index (χ4v) is 4.18. The van der Waals surface area contributed by atoms with Crippen molar-refractivity contribution >= 4 is 28.5 Å². The molecule has 0 amide bonds. The largest absolute Gasteiger partial charge is 0.328 e. The summed E-state index contributed by atoms with van der Waals surface area (Å²) in [6.45, 7) is 1.83. The Balaban J connectivity index is 1.90. The zero-order valence-corrected chi connectivity index (χ0v) is 18.2. The molecule has 7 heteroatoms. The SMILES string of the molecule is CSNc1cc(-c2cc(C)c(=O)n(C)c2)cc2c(Cc3ccc(F)cc3)nn(C)c12. The molecule has 0 fully saturated rings. The number of fused-ring (bicyclic) bond motifs is 1. The lowest BCUT2D eigenvalue weighted by Crippen LogP contribution is -2.18. The second-order valence-corrected chi connectivity index (χ2v) is 8.04. The molecular formula is C23H23FN4OS. The number of aryl methyl sites for hydroxylation is 3. The van der Waals surface area contributed by atoms with Gasteiger partial charge in [-0.1, -0.05) is 24.1 Å². The number of nitrogens with one attached hydrogen (secondary N) is 1. The van der Waals surface area contributed by atoms with Crippen LogP contribution in [0.1, 0.15) is 16.8 Å². The van der Waals surface area contributed by atoms with E-state index in [-0.39, 0.29) is 11.4 Å². The minimum Gasteiger partial charge on any atom is -0.328 e. The third-order valence-corrected chi connectivity index (χ3v) is 5.63. The molecule has 0 aliphatic rings. The lowest BCUT2D eigenvalue weighted by atomic mass is 10.00. The molecule has 0 aliphatic heterocycles. The molecule has 0 saturated heterocycles. The zero-order valence-electron chi connectivity index (χ0n) is 17.4. The van der Waals surface area contributed by atoms with Crippen molar-refractivity contribution in [3.8, 4) is 11.1 Å². The van der Waals surface area contributed by atoms with Gasteiger partial charge in [0.2, 0.25) is 0 Å². The fourth-order valence-electron chi connectivity index (χ4n) is 3.80. The molecule has 30 heavy (non-hydrogen) atoms. The summed E-state index contributed by atoms with van der Waals surface area (Å²) in [7, 11) is 3.69. The number of rotatable bonds is 5. The Labute approximate surface area is 178 Å². The van der Waals surface area contributed by atoms with Crippen LogP contribution in [0.4, 0.5) is 10.1 Å². The van der Waals surface area contributed by atoms with Crippen molar-refractivity contribution in [2.75, 3.05) is 11.0 Å². The molecule has 2 aromatic carbocycles. The summed E-state index contributed by atoms with van der Waals surface area (Å²) < 4.78 is 20.2. The number of halogens is 1. The van der Waals surface area contributed by atoms with Crippen LogP contribution < -0.4 is 10.3 Å². The van der Waals surface area contributed by atoms with Crippen molar-refractivity contribution in [1.82, 2.24) is 14.3 Å². The summed E-state index contributed by atoms with van der Waals surface area (Å²) >= 11 is 1.52. The highest BCUT2D eigenvalue weighted by molar-refractivity contribution is 7.99. The van der Waals surface area contributed by atoms with Crippen molar-refractivity contribution in [3.63, 3.8) is 0 Å². The lowest BCUT2D eigenvalue weighted by Gasteiger charge is -2.11. The third kappa shape index (κ3) is 3.73. The normalized spacial score (nSPS) is 11.2. The molecule has 1 N–H and O–H groups in total. The Kier molecular flexibility index (Phi) is 5.39. The van der Waals surface area contributed by atoms with E-state index in [1.807, 2.05) is 37.2 Å². The summed E-state index contributed by atoms with van der Waals surface area (Å²) in [4.78, 5) is 12.1. The molecule has 0 saturated carbocycles.